The first-order chi connectivity index (χ1) is 9.74. The van der Waals surface area contributed by atoms with E-state index in [1.165, 1.54) is 0 Å². The average Bonchev–Trinajstić information content (AvgIpc) is 3.02. The Bertz CT molecular complexity index is 599. The van der Waals surface area contributed by atoms with Crippen LogP contribution >= 0.6 is 0 Å². The Morgan fingerprint density at radius 3 is 2.60 bits per heavy atom. The molecule has 1 N–H and O–H groups in total. The molecule has 1 heterocycles. The van der Waals surface area contributed by atoms with Crippen LogP contribution in [0, 0.1) is 0 Å². The van der Waals surface area contributed by atoms with Gasteiger partial charge in [0.15, 0.2) is 0 Å². The molecular formula is C16H18N2O2. The van der Waals surface area contributed by atoms with Crippen molar-refractivity contribution in [2.24, 2.45) is 0 Å². The molecule has 1 aliphatic carbocycles. The van der Waals surface area contributed by atoms with E-state index in [0.29, 0.717) is 12.8 Å². The van der Waals surface area contributed by atoms with Crippen molar-refractivity contribution in [2.75, 3.05) is 0 Å². The van der Waals surface area contributed by atoms with Crippen molar-refractivity contribution in [3.63, 3.8) is 0 Å². The van der Waals surface area contributed by atoms with E-state index in [-0.39, 0.29) is 0 Å². The minimum atomic E-state index is -0.751. The van der Waals surface area contributed by atoms with E-state index >= 15 is 0 Å². The predicted molar refractivity (Wildman–Crippen MR) is 76.0 cm³/mol. The lowest BCUT2D eigenvalue weighted by molar-refractivity contribution is -0.145. The highest BCUT2D eigenvalue weighted by atomic mass is 16.4. The van der Waals surface area contributed by atoms with Gasteiger partial charge in [-0.15, -0.1) is 0 Å². The SMILES string of the molecule is O=C(O)C1(c2ccccc2-n2ccnc2)CCCCC1. The van der Waals surface area contributed by atoms with Crippen LogP contribution in [0.4, 0.5) is 0 Å². The van der Waals surface area contributed by atoms with Gasteiger partial charge >= 0.3 is 5.97 Å². The van der Waals surface area contributed by atoms with E-state index in [0.717, 1.165) is 30.5 Å². The fraction of sp³-hybridized carbons (Fsp3) is 0.375. The molecule has 0 aliphatic heterocycles. The molecule has 1 aromatic heterocycles. The normalized spacial score (nSPS) is 17.8. The number of benzene rings is 1. The quantitative estimate of drug-likeness (QED) is 0.932. The molecule has 3 rings (SSSR count). The molecule has 0 amide bonds. The van der Waals surface area contributed by atoms with Gasteiger partial charge in [0.2, 0.25) is 0 Å². The van der Waals surface area contributed by atoms with E-state index in [1.807, 2.05) is 35.0 Å². The third-order valence-corrected chi connectivity index (χ3v) is 4.32. The molecule has 1 saturated carbocycles. The molecule has 4 heteroatoms. The van der Waals surface area contributed by atoms with Crippen molar-refractivity contribution in [2.45, 2.75) is 37.5 Å². The molecule has 0 saturated heterocycles. The fourth-order valence-electron chi connectivity index (χ4n) is 3.26. The highest BCUT2D eigenvalue weighted by Crippen LogP contribution is 2.42. The second-order valence-electron chi connectivity index (χ2n) is 5.44. The number of carboxylic acids is 1. The molecule has 0 unspecified atom stereocenters. The van der Waals surface area contributed by atoms with E-state index in [2.05, 4.69) is 4.98 Å². The smallest absolute Gasteiger partial charge is 0.314 e. The van der Waals surface area contributed by atoms with Crippen molar-refractivity contribution in [1.82, 2.24) is 9.55 Å². The summed E-state index contributed by atoms with van der Waals surface area (Å²) in [5.74, 6) is -0.704. The van der Waals surface area contributed by atoms with Gasteiger partial charge in [0.1, 0.15) is 0 Å². The van der Waals surface area contributed by atoms with Gasteiger partial charge in [-0.25, -0.2) is 4.98 Å². The van der Waals surface area contributed by atoms with Crippen molar-refractivity contribution in [3.8, 4) is 5.69 Å². The Morgan fingerprint density at radius 2 is 1.95 bits per heavy atom. The lowest BCUT2D eigenvalue weighted by atomic mass is 9.69. The summed E-state index contributed by atoms with van der Waals surface area (Å²) in [6.07, 6.45) is 9.80. The van der Waals surface area contributed by atoms with Crippen LogP contribution in [0.1, 0.15) is 37.7 Å². The van der Waals surface area contributed by atoms with Crippen LogP contribution in [0.3, 0.4) is 0 Å². The van der Waals surface area contributed by atoms with Gasteiger partial charge in [-0.1, -0.05) is 37.5 Å². The maximum absolute atomic E-state index is 12.0. The van der Waals surface area contributed by atoms with Crippen LogP contribution < -0.4 is 0 Å². The molecule has 0 radical (unpaired) electrons. The number of imidazole rings is 1. The molecule has 0 atom stereocenters. The second kappa shape index (κ2) is 5.12. The molecule has 104 valence electrons. The van der Waals surface area contributed by atoms with E-state index in [1.54, 1.807) is 12.5 Å². The number of aromatic nitrogens is 2. The minimum absolute atomic E-state index is 0.704. The van der Waals surface area contributed by atoms with Crippen LogP contribution in [0.15, 0.2) is 43.0 Å². The second-order valence-corrected chi connectivity index (χ2v) is 5.44. The third-order valence-electron chi connectivity index (χ3n) is 4.32. The summed E-state index contributed by atoms with van der Waals surface area (Å²) in [6.45, 7) is 0. The number of rotatable bonds is 3. The zero-order chi connectivity index (χ0) is 14.0. The standard InChI is InChI=1S/C16H18N2O2/c19-15(20)16(8-4-1-5-9-16)13-6-2-3-7-14(13)18-11-10-17-12-18/h2-3,6-7,10-12H,1,4-5,8-9H2,(H,19,20). The van der Waals surface area contributed by atoms with Gasteiger partial charge in [-0.3, -0.25) is 4.79 Å². The molecule has 2 aromatic rings. The summed E-state index contributed by atoms with van der Waals surface area (Å²) in [6, 6.07) is 7.79. The van der Waals surface area contributed by atoms with Crippen molar-refractivity contribution < 1.29 is 9.90 Å². The highest BCUT2D eigenvalue weighted by Gasteiger charge is 2.42. The molecule has 4 nitrogen and oxygen atoms in total. The van der Waals surface area contributed by atoms with E-state index in [9.17, 15) is 9.90 Å². The van der Waals surface area contributed by atoms with Gasteiger partial charge in [-0.05, 0) is 24.5 Å². The van der Waals surface area contributed by atoms with Crippen LogP contribution in [0.25, 0.3) is 5.69 Å². The highest BCUT2D eigenvalue weighted by molar-refractivity contribution is 5.83. The van der Waals surface area contributed by atoms with Crippen molar-refractivity contribution >= 4 is 5.97 Å². The summed E-state index contributed by atoms with van der Waals surface area (Å²) in [7, 11) is 0. The largest absolute Gasteiger partial charge is 0.481 e. The van der Waals surface area contributed by atoms with Crippen LogP contribution in [-0.4, -0.2) is 20.6 Å². The monoisotopic (exact) mass is 270 g/mol. The van der Waals surface area contributed by atoms with E-state index in [4.69, 9.17) is 0 Å². The summed E-state index contributed by atoms with van der Waals surface area (Å²) < 4.78 is 1.90. The van der Waals surface area contributed by atoms with Crippen LogP contribution in [0.5, 0.6) is 0 Å². The zero-order valence-corrected chi connectivity index (χ0v) is 11.3. The lowest BCUT2D eigenvalue weighted by Gasteiger charge is -2.35. The fourth-order valence-corrected chi connectivity index (χ4v) is 3.26. The number of hydrogen-bond acceptors (Lipinski definition) is 2. The summed E-state index contributed by atoms with van der Waals surface area (Å²) in [5.41, 5.74) is 1.08. The summed E-state index contributed by atoms with van der Waals surface area (Å²) in [5, 5.41) is 9.84. The Kier molecular flexibility index (Phi) is 3.30. The van der Waals surface area contributed by atoms with Crippen molar-refractivity contribution in [1.29, 1.82) is 0 Å². The van der Waals surface area contributed by atoms with E-state index < -0.39 is 11.4 Å². The maximum Gasteiger partial charge on any atom is 0.314 e. The molecule has 1 aliphatic rings. The van der Waals surface area contributed by atoms with Crippen LogP contribution in [0.2, 0.25) is 0 Å². The van der Waals surface area contributed by atoms with Gasteiger partial charge < -0.3 is 9.67 Å². The molecule has 1 fully saturated rings. The van der Waals surface area contributed by atoms with Gasteiger partial charge in [0, 0.05) is 12.4 Å². The molecular weight excluding hydrogens is 252 g/mol. The first-order valence-corrected chi connectivity index (χ1v) is 7.05. The number of carbonyl (C=O) groups is 1. The number of carboxylic acid groups (broad SMARTS) is 1. The predicted octanol–water partition coefficient (Wildman–Crippen LogP) is 3.16. The Hall–Kier alpha value is -2.10. The lowest BCUT2D eigenvalue weighted by Crippen LogP contribution is -2.38. The molecule has 1 aromatic carbocycles. The van der Waals surface area contributed by atoms with Gasteiger partial charge in [0.05, 0.1) is 17.4 Å². The first-order valence-electron chi connectivity index (χ1n) is 7.05. The Balaban J connectivity index is 2.15. The number of para-hydroxylation sites is 1. The maximum atomic E-state index is 12.0. The minimum Gasteiger partial charge on any atom is -0.481 e. The number of hydrogen-bond donors (Lipinski definition) is 1. The van der Waals surface area contributed by atoms with Crippen LogP contribution in [-0.2, 0) is 10.2 Å². The van der Waals surface area contributed by atoms with Crippen molar-refractivity contribution in [3.05, 3.63) is 48.5 Å². The molecule has 0 spiro atoms. The zero-order valence-electron chi connectivity index (χ0n) is 11.3. The Labute approximate surface area is 118 Å². The average molecular weight is 270 g/mol. The summed E-state index contributed by atoms with van der Waals surface area (Å²) in [4.78, 5) is 16.0. The number of aliphatic carboxylic acids is 1. The molecule has 20 heavy (non-hydrogen) atoms. The van der Waals surface area contributed by atoms with Gasteiger partial charge in [-0.2, -0.15) is 0 Å². The summed E-state index contributed by atoms with van der Waals surface area (Å²) >= 11 is 0. The number of nitrogens with zero attached hydrogens (tertiary/aromatic N) is 2. The third kappa shape index (κ3) is 2.01. The van der Waals surface area contributed by atoms with Gasteiger partial charge in [0.25, 0.3) is 0 Å². The molecule has 0 bridgehead atoms. The first kappa shape index (κ1) is 12.9. The Morgan fingerprint density at radius 1 is 1.20 bits per heavy atom. The topological polar surface area (TPSA) is 55.1 Å².